The maximum atomic E-state index is 13.7. The molecule has 1 aliphatic carbocycles. The maximum Gasteiger partial charge on any atom is 0.237 e. The Morgan fingerprint density at radius 1 is 1.05 bits per heavy atom. The highest BCUT2D eigenvalue weighted by molar-refractivity contribution is 6.01. The van der Waals surface area contributed by atoms with Crippen molar-refractivity contribution in [3.8, 4) is 0 Å². The van der Waals surface area contributed by atoms with Gasteiger partial charge in [-0.2, -0.15) is 0 Å². The highest BCUT2D eigenvalue weighted by Gasteiger charge is 2.44. The van der Waals surface area contributed by atoms with E-state index in [-0.39, 0.29) is 11.7 Å². The van der Waals surface area contributed by atoms with Gasteiger partial charge in [0, 0.05) is 12.7 Å². The van der Waals surface area contributed by atoms with Crippen molar-refractivity contribution in [3.63, 3.8) is 0 Å². The third-order valence-corrected chi connectivity index (χ3v) is 4.69. The minimum atomic E-state index is -0.591. The molecule has 1 aliphatic rings. The van der Waals surface area contributed by atoms with Crippen LogP contribution in [0, 0.1) is 5.82 Å². The number of carbonyl (C=O) groups excluding carboxylic acids is 1. The van der Waals surface area contributed by atoms with E-state index in [0.29, 0.717) is 0 Å². The number of hydrogen-bond donors (Lipinski definition) is 0. The number of rotatable bonds is 3. The van der Waals surface area contributed by atoms with Crippen LogP contribution in [0.25, 0.3) is 0 Å². The van der Waals surface area contributed by atoms with E-state index in [1.54, 1.807) is 18.0 Å². The lowest BCUT2D eigenvalue weighted by Gasteiger charge is -2.33. The first kappa shape index (κ1) is 14.8. The summed E-state index contributed by atoms with van der Waals surface area (Å²) in [7, 11) is 1.80. The number of hydrogen-bond acceptors (Lipinski definition) is 1. The van der Waals surface area contributed by atoms with Crippen molar-refractivity contribution in [2.24, 2.45) is 0 Å². The van der Waals surface area contributed by atoms with Crippen molar-refractivity contribution in [2.45, 2.75) is 31.1 Å². The number of benzene rings is 2. The van der Waals surface area contributed by atoms with Crippen molar-refractivity contribution in [2.75, 3.05) is 11.9 Å². The molecule has 0 heterocycles. The van der Waals surface area contributed by atoms with Crippen molar-refractivity contribution < 1.29 is 9.18 Å². The number of anilines is 1. The first-order valence-electron chi connectivity index (χ1n) is 7.73. The average molecular weight is 297 g/mol. The Kier molecular flexibility index (Phi) is 3.97. The number of para-hydroxylation sites is 1. The van der Waals surface area contributed by atoms with Crippen LogP contribution in [0.5, 0.6) is 0 Å². The molecule has 0 radical (unpaired) electrons. The molecular formula is C19H20FNO. The van der Waals surface area contributed by atoms with Crippen molar-refractivity contribution in [1.82, 2.24) is 0 Å². The molecule has 2 nitrogen and oxygen atoms in total. The smallest absolute Gasteiger partial charge is 0.237 e. The lowest BCUT2D eigenvalue weighted by atomic mass is 9.77. The molecule has 2 aromatic rings. The molecule has 22 heavy (non-hydrogen) atoms. The molecule has 2 aromatic carbocycles. The summed E-state index contributed by atoms with van der Waals surface area (Å²) in [6.45, 7) is 0. The van der Waals surface area contributed by atoms with Gasteiger partial charge in [-0.05, 0) is 42.7 Å². The minimum Gasteiger partial charge on any atom is -0.315 e. The molecule has 1 amide bonds. The first-order valence-corrected chi connectivity index (χ1v) is 7.73. The quantitative estimate of drug-likeness (QED) is 0.827. The molecule has 114 valence electrons. The molecule has 1 saturated carbocycles. The van der Waals surface area contributed by atoms with Gasteiger partial charge in [0.15, 0.2) is 0 Å². The summed E-state index contributed by atoms with van der Waals surface area (Å²) in [5.74, 6) is -0.222. The zero-order valence-electron chi connectivity index (χ0n) is 12.8. The van der Waals surface area contributed by atoms with E-state index in [2.05, 4.69) is 0 Å². The third kappa shape index (κ3) is 2.52. The monoisotopic (exact) mass is 297 g/mol. The Morgan fingerprint density at radius 3 is 2.36 bits per heavy atom. The van der Waals surface area contributed by atoms with Gasteiger partial charge in [0.05, 0.1) is 5.41 Å². The molecule has 0 bridgehead atoms. The Labute approximate surface area is 130 Å². The van der Waals surface area contributed by atoms with Crippen molar-refractivity contribution in [1.29, 1.82) is 0 Å². The van der Waals surface area contributed by atoms with Gasteiger partial charge in [-0.3, -0.25) is 4.79 Å². The van der Waals surface area contributed by atoms with Gasteiger partial charge < -0.3 is 4.90 Å². The predicted molar refractivity (Wildman–Crippen MR) is 86.4 cm³/mol. The Bertz CT molecular complexity index is 662. The van der Waals surface area contributed by atoms with Gasteiger partial charge in [-0.25, -0.2) is 4.39 Å². The SMILES string of the molecule is CN(C(=O)C1(c2cccc(F)c2)CCCC1)c1ccccc1. The number of halogens is 1. The van der Waals surface area contributed by atoms with Crippen molar-refractivity contribution in [3.05, 3.63) is 66.0 Å². The zero-order valence-corrected chi connectivity index (χ0v) is 12.8. The molecule has 1 fully saturated rings. The first-order chi connectivity index (χ1) is 10.6. The number of amides is 1. The predicted octanol–water partition coefficient (Wildman–Crippen LogP) is 4.30. The molecule has 0 N–H and O–H groups in total. The number of nitrogens with zero attached hydrogens (tertiary/aromatic N) is 1. The summed E-state index contributed by atoms with van der Waals surface area (Å²) >= 11 is 0. The van der Waals surface area contributed by atoms with E-state index in [1.165, 1.54) is 12.1 Å². The number of likely N-dealkylation sites (N-methyl/N-ethyl adjacent to an activating group) is 1. The topological polar surface area (TPSA) is 20.3 Å². The van der Waals surface area contributed by atoms with Gasteiger partial charge in [0.25, 0.3) is 0 Å². The molecule has 0 saturated heterocycles. The molecule has 0 unspecified atom stereocenters. The van der Waals surface area contributed by atoms with Crippen LogP contribution in [-0.2, 0) is 10.2 Å². The fourth-order valence-electron chi connectivity index (χ4n) is 3.48. The van der Waals surface area contributed by atoms with Crippen molar-refractivity contribution >= 4 is 11.6 Å². The minimum absolute atomic E-state index is 0.0572. The van der Waals surface area contributed by atoms with Gasteiger partial charge in [0.1, 0.15) is 5.82 Å². The van der Waals surface area contributed by atoms with E-state index in [9.17, 15) is 9.18 Å². The second-order valence-corrected chi connectivity index (χ2v) is 6.00. The van der Waals surface area contributed by atoms with E-state index in [4.69, 9.17) is 0 Å². The van der Waals surface area contributed by atoms with Gasteiger partial charge in [0.2, 0.25) is 5.91 Å². The Morgan fingerprint density at radius 2 is 1.73 bits per heavy atom. The second-order valence-electron chi connectivity index (χ2n) is 6.00. The van der Waals surface area contributed by atoms with Crippen LogP contribution in [0.3, 0.4) is 0 Å². The number of carbonyl (C=O) groups is 1. The van der Waals surface area contributed by atoms with E-state index in [1.807, 2.05) is 36.4 Å². The standard InChI is InChI=1S/C19H20FNO/c1-21(17-10-3-2-4-11-17)18(22)19(12-5-6-13-19)15-8-7-9-16(20)14-15/h2-4,7-11,14H,5-6,12-13H2,1H3. The van der Waals surface area contributed by atoms with Crippen LogP contribution in [-0.4, -0.2) is 13.0 Å². The van der Waals surface area contributed by atoms with Crippen LogP contribution in [0.15, 0.2) is 54.6 Å². The van der Waals surface area contributed by atoms with Crippen LogP contribution < -0.4 is 4.90 Å². The molecular weight excluding hydrogens is 277 g/mol. The van der Waals surface area contributed by atoms with E-state index < -0.39 is 5.41 Å². The maximum absolute atomic E-state index is 13.7. The van der Waals surface area contributed by atoms with Crippen LogP contribution in [0.1, 0.15) is 31.2 Å². The zero-order chi connectivity index (χ0) is 15.6. The summed E-state index contributed by atoms with van der Waals surface area (Å²) in [6.07, 6.45) is 3.58. The molecule has 0 atom stereocenters. The molecule has 3 heteroatoms. The summed E-state index contributed by atoms with van der Waals surface area (Å²) in [6, 6.07) is 16.1. The van der Waals surface area contributed by atoms with E-state index in [0.717, 1.165) is 36.9 Å². The largest absolute Gasteiger partial charge is 0.315 e. The lowest BCUT2D eigenvalue weighted by molar-refractivity contribution is -0.123. The highest BCUT2D eigenvalue weighted by atomic mass is 19.1. The van der Waals surface area contributed by atoms with E-state index >= 15 is 0 Å². The highest BCUT2D eigenvalue weighted by Crippen LogP contribution is 2.43. The second kappa shape index (κ2) is 5.91. The van der Waals surface area contributed by atoms with Crippen LogP contribution >= 0.6 is 0 Å². The molecule has 0 spiro atoms. The van der Waals surface area contributed by atoms with Gasteiger partial charge in [-0.15, -0.1) is 0 Å². The molecule has 3 rings (SSSR count). The summed E-state index contributed by atoms with van der Waals surface area (Å²) < 4.78 is 13.7. The Balaban J connectivity index is 1.99. The van der Waals surface area contributed by atoms with Gasteiger partial charge in [-0.1, -0.05) is 43.2 Å². The fraction of sp³-hybridized carbons (Fsp3) is 0.316. The average Bonchev–Trinajstić information content (AvgIpc) is 3.05. The van der Waals surface area contributed by atoms with Crippen LogP contribution in [0.2, 0.25) is 0 Å². The third-order valence-electron chi connectivity index (χ3n) is 4.69. The Hall–Kier alpha value is -2.16. The summed E-state index contributed by atoms with van der Waals surface area (Å²) in [5, 5.41) is 0. The molecule has 0 aromatic heterocycles. The summed E-state index contributed by atoms with van der Waals surface area (Å²) in [4.78, 5) is 14.9. The summed E-state index contributed by atoms with van der Waals surface area (Å²) in [5.41, 5.74) is 1.08. The normalized spacial score (nSPS) is 16.5. The lowest BCUT2D eigenvalue weighted by Crippen LogP contribution is -2.43. The van der Waals surface area contributed by atoms with Crippen LogP contribution in [0.4, 0.5) is 10.1 Å². The molecule has 0 aliphatic heterocycles. The van der Waals surface area contributed by atoms with Gasteiger partial charge >= 0.3 is 0 Å². The fourth-order valence-corrected chi connectivity index (χ4v) is 3.48.